The van der Waals surface area contributed by atoms with Crippen molar-refractivity contribution in [1.82, 2.24) is 0 Å². The van der Waals surface area contributed by atoms with Gasteiger partial charge in [-0.2, -0.15) is 0 Å². The molecule has 0 saturated carbocycles. The van der Waals surface area contributed by atoms with Crippen molar-refractivity contribution in [2.45, 2.75) is 26.0 Å². The van der Waals surface area contributed by atoms with Gasteiger partial charge in [0.05, 0.1) is 23.4 Å². The summed E-state index contributed by atoms with van der Waals surface area (Å²) in [6.07, 6.45) is -0.0725. The number of hydrogen-bond acceptors (Lipinski definition) is 5. The van der Waals surface area contributed by atoms with E-state index in [1.807, 2.05) is 13.8 Å². The van der Waals surface area contributed by atoms with Gasteiger partial charge < -0.3 is 14.9 Å². The molecule has 1 amide bonds. The van der Waals surface area contributed by atoms with Crippen LogP contribution in [0.3, 0.4) is 0 Å². The minimum absolute atomic E-state index is 0.0725. The van der Waals surface area contributed by atoms with E-state index in [4.69, 9.17) is 4.74 Å². The highest BCUT2D eigenvalue weighted by atomic mass is 19.1. The van der Waals surface area contributed by atoms with Gasteiger partial charge in [0.1, 0.15) is 28.9 Å². The van der Waals surface area contributed by atoms with E-state index >= 15 is 0 Å². The first-order chi connectivity index (χ1) is 16.2. The smallest absolute Gasteiger partial charge is 0.300 e. The van der Waals surface area contributed by atoms with Gasteiger partial charge in [0.25, 0.3) is 11.7 Å². The van der Waals surface area contributed by atoms with Crippen LogP contribution in [0.4, 0.5) is 14.5 Å². The number of carbonyl (C=O) groups excluding carboxylic acids is 2. The Balaban J connectivity index is 1.91. The number of ether oxygens (including phenoxy) is 1. The Morgan fingerprint density at radius 2 is 1.71 bits per heavy atom. The molecular weight excluding hydrogens is 444 g/mol. The van der Waals surface area contributed by atoms with Crippen molar-refractivity contribution in [3.8, 4) is 11.5 Å². The minimum Gasteiger partial charge on any atom is -0.508 e. The van der Waals surface area contributed by atoms with Crippen LogP contribution in [0.5, 0.6) is 11.5 Å². The largest absolute Gasteiger partial charge is 0.508 e. The Labute approximate surface area is 194 Å². The zero-order valence-corrected chi connectivity index (χ0v) is 18.3. The lowest BCUT2D eigenvalue weighted by atomic mass is 9.95. The van der Waals surface area contributed by atoms with Crippen LogP contribution < -0.4 is 9.64 Å². The van der Waals surface area contributed by atoms with Gasteiger partial charge in [0.15, 0.2) is 0 Å². The Hall–Kier alpha value is -4.20. The Morgan fingerprint density at radius 3 is 2.35 bits per heavy atom. The first-order valence-electron chi connectivity index (χ1n) is 10.5. The second kappa shape index (κ2) is 8.97. The first-order valence-corrected chi connectivity index (χ1v) is 10.5. The van der Waals surface area contributed by atoms with Crippen LogP contribution in [-0.2, 0) is 9.59 Å². The molecule has 1 heterocycles. The number of phenolic OH excluding ortho intramolecular Hbond substituents is 1. The number of aliphatic hydroxyl groups excluding tert-OH is 1. The molecule has 2 N–H and O–H groups in total. The molecule has 8 heteroatoms. The van der Waals surface area contributed by atoms with Crippen LogP contribution >= 0.6 is 0 Å². The zero-order valence-electron chi connectivity index (χ0n) is 18.3. The number of benzene rings is 3. The lowest BCUT2D eigenvalue weighted by molar-refractivity contribution is -0.132. The van der Waals surface area contributed by atoms with Crippen molar-refractivity contribution in [1.29, 1.82) is 0 Å². The van der Waals surface area contributed by atoms with Gasteiger partial charge in [-0.05, 0) is 67.9 Å². The lowest BCUT2D eigenvalue weighted by Gasteiger charge is -2.26. The van der Waals surface area contributed by atoms with Crippen molar-refractivity contribution in [3.63, 3.8) is 0 Å². The number of anilines is 1. The van der Waals surface area contributed by atoms with Gasteiger partial charge in [-0.3, -0.25) is 14.5 Å². The van der Waals surface area contributed by atoms with Crippen molar-refractivity contribution < 1.29 is 33.3 Å². The van der Waals surface area contributed by atoms with Crippen LogP contribution in [0.1, 0.15) is 31.0 Å². The van der Waals surface area contributed by atoms with Gasteiger partial charge in [-0.25, -0.2) is 8.78 Å². The summed E-state index contributed by atoms with van der Waals surface area (Å²) in [7, 11) is 0. The monoisotopic (exact) mass is 465 g/mol. The van der Waals surface area contributed by atoms with Gasteiger partial charge >= 0.3 is 0 Å². The van der Waals surface area contributed by atoms with E-state index in [2.05, 4.69) is 0 Å². The SMILES string of the molecule is CC(C)Oc1ccc(/C(O)=C2\C(=O)C(=O)N(c3cc(F)ccc3F)C2c2cccc(O)c2)cc1. The Kier molecular flexibility index (Phi) is 6.06. The number of phenols is 1. The third kappa shape index (κ3) is 4.22. The molecule has 0 aromatic heterocycles. The number of nitrogens with zero attached hydrogens (tertiary/aromatic N) is 1. The molecular formula is C26H21F2NO5. The van der Waals surface area contributed by atoms with Crippen LogP contribution in [0.25, 0.3) is 5.76 Å². The number of aromatic hydroxyl groups is 1. The Morgan fingerprint density at radius 1 is 1.00 bits per heavy atom. The molecule has 6 nitrogen and oxygen atoms in total. The summed E-state index contributed by atoms with van der Waals surface area (Å²) in [5.41, 5.74) is -0.338. The van der Waals surface area contributed by atoms with Crippen LogP contribution in [0.2, 0.25) is 0 Å². The molecule has 0 aliphatic carbocycles. The van der Waals surface area contributed by atoms with Crippen LogP contribution in [0.15, 0.2) is 72.3 Å². The fraction of sp³-hybridized carbons (Fsp3) is 0.154. The summed E-state index contributed by atoms with van der Waals surface area (Å²) in [6.45, 7) is 3.71. The quantitative estimate of drug-likeness (QED) is 0.312. The average molecular weight is 465 g/mol. The predicted molar refractivity (Wildman–Crippen MR) is 121 cm³/mol. The van der Waals surface area contributed by atoms with E-state index in [9.17, 15) is 28.6 Å². The number of ketones is 1. The molecule has 1 saturated heterocycles. The van der Waals surface area contributed by atoms with E-state index in [0.29, 0.717) is 5.75 Å². The van der Waals surface area contributed by atoms with E-state index in [-0.39, 0.29) is 28.6 Å². The summed E-state index contributed by atoms with van der Waals surface area (Å²) >= 11 is 0. The molecule has 0 bridgehead atoms. The number of hydrogen-bond donors (Lipinski definition) is 2. The summed E-state index contributed by atoms with van der Waals surface area (Å²) in [5, 5.41) is 21.1. The molecule has 3 aromatic carbocycles. The highest BCUT2D eigenvalue weighted by Crippen LogP contribution is 2.43. The van der Waals surface area contributed by atoms with Crippen LogP contribution in [-0.4, -0.2) is 28.0 Å². The molecule has 4 rings (SSSR count). The fourth-order valence-electron chi connectivity index (χ4n) is 3.88. The topological polar surface area (TPSA) is 87.1 Å². The standard InChI is InChI=1S/C26H21F2NO5/c1-14(2)34-19-9-6-15(7-10-19)24(31)22-23(16-4-3-5-18(30)12-16)29(26(33)25(22)32)21-13-17(27)8-11-20(21)28/h3-14,23,30-31H,1-2H3/b24-22+. The molecule has 3 aromatic rings. The molecule has 174 valence electrons. The van der Waals surface area contributed by atoms with Crippen molar-refractivity contribution in [3.05, 3.63) is 95.1 Å². The Bertz CT molecular complexity index is 1300. The number of Topliss-reactive ketones (excluding diaryl/α,β-unsaturated/α-hetero) is 1. The maximum Gasteiger partial charge on any atom is 0.300 e. The third-order valence-corrected chi connectivity index (χ3v) is 5.30. The summed E-state index contributed by atoms with van der Waals surface area (Å²) in [6, 6.07) is 13.1. The van der Waals surface area contributed by atoms with Crippen molar-refractivity contribution >= 4 is 23.1 Å². The highest BCUT2D eigenvalue weighted by molar-refractivity contribution is 6.51. The van der Waals surface area contributed by atoms with Gasteiger partial charge in [0, 0.05) is 11.6 Å². The molecule has 0 radical (unpaired) electrons. The summed E-state index contributed by atoms with van der Waals surface area (Å²) in [5.74, 6) is -4.08. The van der Waals surface area contributed by atoms with Crippen LogP contribution in [0, 0.1) is 11.6 Å². The van der Waals surface area contributed by atoms with E-state index in [0.717, 1.165) is 23.1 Å². The number of carbonyl (C=O) groups is 2. The second-order valence-electron chi connectivity index (χ2n) is 8.05. The molecule has 1 atom stereocenters. The lowest BCUT2D eigenvalue weighted by Crippen LogP contribution is -2.30. The average Bonchev–Trinajstić information content (AvgIpc) is 3.05. The minimum atomic E-state index is -1.31. The van der Waals surface area contributed by atoms with Gasteiger partial charge in [-0.15, -0.1) is 0 Å². The normalized spacial score (nSPS) is 17.4. The maximum absolute atomic E-state index is 14.7. The zero-order chi connectivity index (χ0) is 24.6. The number of rotatable bonds is 5. The molecule has 34 heavy (non-hydrogen) atoms. The van der Waals surface area contributed by atoms with E-state index in [1.165, 1.54) is 36.4 Å². The molecule has 1 fully saturated rings. The predicted octanol–water partition coefficient (Wildman–Crippen LogP) is 5.08. The van der Waals surface area contributed by atoms with Crippen molar-refractivity contribution in [2.24, 2.45) is 0 Å². The number of amides is 1. The van der Waals surface area contributed by atoms with Gasteiger partial charge in [-0.1, -0.05) is 12.1 Å². The maximum atomic E-state index is 14.7. The first kappa shape index (κ1) is 23.0. The van der Waals surface area contributed by atoms with Gasteiger partial charge in [0.2, 0.25) is 0 Å². The summed E-state index contributed by atoms with van der Waals surface area (Å²) in [4.78, 5) is 26.9. The third-order valence-electron chi connectivity index (χ3n) is 5.30. The van der Waals surface area contributed by atoms with Crippen molar-refractivity contribution in [2.75, 3.05) is 4.90 Å². The number of halogens is 2. The molecule has 1 unspecified atom stereocenters. The number of aliphatic hydroxyl groups is 1. The molecule has 1 aliphatic heterocycles. The summed E-state index contributed by atoms with van der Waals surface area (Å²) < 4.78 is 34.2. The highest BCUT2D eigenvalue weighted by Gasteiger charge is 2.48. The molecule has 1 aliphatic rings. The van der Waals surface area contributed by atoms with E-state index < -0.39 is 40.8 Å². The second-order valence-corrected chi connectivity index (χ2v) is 8.05. The fourth-order valence-corrected chi connectivity index (χ4v) is 3.88. The van der Waals surface area contributed by atoms with E-state index in [1.54, 1.807) is 12.1 Å². The molecule has 0 spiro atoms.